The van der Waals surface area contributed by atoms with Crippen molar-refractivity contribution in [2.45, 2.75) is 96.8 Å². The molecule has 4 unspecified atom stereocenters. The highest BCUT2D eigenvalue weighted by molar-refractivity contribution is 6.83. The van der Waals surface area contributed by atoms with Gasteiger partial charge in [0, 0.05) is 32.5 Å². The number of nitrogens with zero attached hydrogens (tertiary/aromatic N) is 1. The molecule has 2 N–H and O–H groups in total. The quantitative estimate of drug-likeness (QED) is 0.0579. The number of imide groups is 1. The van der Waals surface area contributed by atoms with Gasteiger partial charge in [-0.1, -0.05) is 82.8 Å². The van der Waals surface area contributed by atoms with Crippen LogP contribution in [0.4, 0.5) is 0 Å². The summed E-state index contributed by atoms with van der Waals surface area (Å²) >= 11 is 0. The van der Waals surface area contributed by atoms with Gasteiger partial charge in [-0.05, 0) is 31.1 Å². The normalized spacial score (nSPS) is 23.1. The second-order valence-electron chi connectivity index (χ2n) is 14.8. The molecule has 11 nitrogen and oxygen atoms in total. The summed E-state index contributed by atoms with van der Waals surface area (Å²) in [6, 6.07) is 1.31. The molecule has 1 saturated carbocycles. The van der Waals surface area contributed by atoms with Crippen molar-refractivity contribution in [3.63, 3.8) is 0 Å². The Morgan fingerprint density at radius 3 is 1.67 bits per heavy atom. The minimum Gasteiger partial charge on any atom is -0.379 e. The maximum atomic E-state index is 13.5. The fourth-order valence-electron chi connectivity index (χ4n) is 9.05. The zero-order valence-electron chi connectivity index (χ0n) is 31.3. The van der Waals surface area contributed by atoms with Crippen molar-refractivity contribution < 1.29 is 38.1 Å². The molecule has 49 heavy (non-hydrogen) atoms. The maximum Gasteiger partial charge on any atom is 0.233 e. The zero-order valence-corrected chi connectivity index (χ0v) is 32.3. The summed E-state index contributed by atoms with van der Waals surface area (Å²) < 4.78 is 21.8. The average Bonchev–Trinajstić information content (AvgIpc) is 3.67. The molecule has 2 fully saturated rings. The van der Waals surface area contributed by atoms with Gasteiger partial charge in [0.1, 0.15) is 0 Å². The van der Waals surface area contributed by atoms with E-state index in [1.54, 1.807) is 0 Å². The van der Waals surface area contributed by atoms with Crippen LogP contribution in [0.15, 0.2) is 12.2 Å². The van der Waals surface area contributed by atoms with Crippen molar-refractivity contribution in [1.82, 2.24) is 15.5 Å². The fourth-order valence-corrected chi connectivity index (χ4v) is 15.6. The van der Waals surface area contributed by atoms with E-state index in [4.69, 9.17) is 18.9 Å². The number of likely N-dealkylation sites (tertiary alicyclic amines) is 1. The molecule has 2 aliphatic carbocycles. The van der Waals surface area contributed by atoms with Crippen LogP contribution < -0.4 is 10.6 Å². The molecule has 0 aromatic rings. The molecule has 0 aromatic carbocycles. The Balaban J connectivity index is 1.24. The molecule has 0 aromatic heterocycles. The minimum absolute atomic E-state index is 0.0168. The first-order valence-electron chi connectivity index (χ1n) is 18.8. The van der Waals surface area contributed by atoms with E-state index in [9.17, 15) is 19.2 Å². The van der Waals surface area contributed by atoms with E-state index in [2.05, 4.69) is 64.3 Å². The van der Waals surface area contributed by atoms with Gasteiger partial charge in [0.25, 0.3) is 0 Å². The second-order valence-corrected chi connectivity index (χ2v) is 21.0. The number of fused-ring (bicyclic) bond motifs is 5. The number of hydrogen-bond acceptors (Lipinski definition) is 8. The van der Waals surface area contributed by atoms with E-state index in [1.165, 1.54) is 17.4 Å². The Kier molecular flexibility index (Phi) is 17.4. The van der Waals surface area contributed by atoms with E-state index in [1.807, 2.05) is 6.92 Å². The van der Waals surface area contributed by atoms with Gasteiger partial charge < -0.3 is 29.6 Å². The standard InChI is InChI=1S/C37H65N3O8Si/c1-8-38-33(42)14-17-45-19-21-47-23-24-48-22-20-46-18-15-39-32(41)13-16-40-36(43)34-30-11-12-31(35(34)37(40)44)29(30)10-9-25-49(26(2)3,27(4)5)28(6)7/h11-12,26-31,34-35H,8-10,13-25H2,1-7H3,(H,38,42)(H,39,41). The Morgan fingerprint density at radius 2 is 1.18 bits per heavy atom. The SMILES string of the molecule is CCNC(=O)CCOCCOCCOCCOCCNC(=O)CCN1C(=O)C2C3C=CC(C3CCC[Si](C(C)C)(C(C)C)C(C)C)C2C1=O. The van der Waals surface area contributed by atoms with Crippen molar-refractivity contribution in [3.05, 3.63) is 12.2 Å². The van der Waals surface area contributed by atoms with Gasteiger partial charge in [-0.15, -0.1) is 0 Å². The molecule has 0 radical (unpaired) electrons. The molecule has 3 aliphatic rings. The zero-order chi connectivity index (χ0) is 36.0. The van der Waals surface area contributed by atoms with Crippen LogP contribution in [0.3, 0.4) is 0 Å². The topological polar surface area (TPSA) is 132 Å². The molecule has 2 bridgehead atoms. The largest absolute Gasteiger partial charge is 0.379 e. The molecule has 1 saturated heterocycles. The summed E-state index contributed by atoms with van der Waals surface area (Å²) in [4.78, 5) is 52.1. The third-order valence-corrected chi connectivity index (χ3v) is 19.0. The Hall–Kier alpha value is -2.12. The van der Waals surface area contributed by atoms with E-state index < -0.39 is 8.07 Å². The van der Waals surface area contributed by atoms with E-state index in [-0.39, 0.29) is 60.3 Å². The lowest BCUT2D eigenvalue weighted by atomic mass is 9.85. The van der Waals surface area contributed by atoms with Crippen molar-refractivity contribution in [2.24, 2.45) is 29.6 Å². The second kappa shape index (κ2) is 20.7. The van der Waals surface area contributed by atoms with Crippen LogP contribution in [-0.2, 0) is 38.1 Å². The van der Waals surface area contributed by atoms with Gasteiger partial charge in [-0.25, -0.2) is 0 Å². The van der Waals surface area contributed by atoms with Gasteiger partial charge >= 0.3 is 0 Å². The molecular formula is C37H65N3O8Si. The van der Waals surface area contributed by atoms with Gasteiger partial charge in [0.15, 0.2) is 0 Å². The lowest BCUT2D eigenvalue weighted by Gasteiger charge is -2.43. The van der Waals surface area contributed by atoms with Gasteiger partial charge in [0.2, 0.25) is 23.6 Å². The highest BCUT2D eigenvalue weighted by Gasteiger charge is 2.63. The van der Waals surface area contributed by atoms with Gasteiger partial charge in [-0.3, -0.25) is 24.1 Å². The van der Waals surface area contributed by atoms with Crippen LogP contribution in [0.2, 0.25) is 22.7 Å². The Bertz CT molecular complexity index is 1050. The lowest BCUT2D eigenvalue weighted by Crippen LogP contribution is -2.44. The first-order chi connectivity index (χ1) is 23.5. The summed E-state index contributed by atoms with van der Waals surface area (Å²) in [6.07, 6.45) is 7.11. The van der Waals surface area contributed by atoms with Crippen molar-refractivity contribution in [1.29, 1.82) is 0 Å². The van der Waals surface area contributed by atoms with E-state index in [0.717, 1.165) is 23.0 Å². The van der Waals surface area contributed by atoms with E-state index in [0.29, 0.717) is 78.3 Å². The highest BCUT2D eigenvalue weighted by atomic mass is 28.3. The van der Waals surface area contributed by atoms with Crippen LogP contribution in [0, 0.1) is 29.6 Å². The molecule has 1 heterocycles. The first kappa shape index (κ1) is 41.3. The number of amides is 4. The third kappa shape index (κ3) is 10.9. The van der Waals surface area contributed by atoms with Crippen molar-refractivity contribution in [2.75, 3.05) is 72.5 Å². The van der Waals surface area contributed by atoms with Crippen LogP contribution in [0.1, 0.15) is 74.1 Å². The molecular weight excluding hydrogens is 643 g/mol. The molecule has 280 valence electrons. The predicted octanol–water partition coefficient (Wildman–Crippen LogP) is 4.58. The number of ether oxygens (including phenoxy) is 4. The Labute approximate surface area is 296 Å². The molecule has 4 amide bonds. The smallest absolute Gasteiger partial charge is 0.233 e. The van der Waals surface area contributed by atoms with Crippen molar-refractivity contribution in [3.8, 4) is 0 Å². The van der Waals surface area contributed by atoms with E-state index >= 15 is 0 Å². The predicted molar refractivity (Wildman–Crippen MR) is 193 cm³/mol. The first-order valence-corrected chi connectivity index (χ1v) is 21.3. The third-order valence-electron chi connectivity index (χ3n) is 11.3. The van der Waals surface area contributed by atoms with Crippen LogP contribution >= 0.6 is 0 Å². The molecule has 1 aliphatic heterocycles. The summed E-state index contributed by atoms with van der Waals surface area (Å²) in [6.45, 7) is 20.7. The summed E-state index contributed by atoms with van der Waals surface area (Å²) in [5.74, 6) is -0.242. The minimum atomic E-state index is -1.47. The highest BCUT2D eigenvalue weighted by Crippen LogP contribution is 2.58. The summed E-state index contributed by atoms with van der Waals surface area (Å²) in [5, 5.41) is 5.54. The van der Waals surface area contributed by atoms with Crippen molar-refractivity contribution >= 4 is 31.7 Å². The number of hydrogen-bond donors (Lipinski definition) is 2. The fraction of sp³-hybridized carbons (Fsp3) is 0.838. The molecule has 0 spiro atoms. The van der Waals surface area contributed by atoms with Gasteiger partial charge in [0.05, 0.1) is 72.8 Å². The van der Waals surface area contributed by atoms with Gasteiger partial charge in [-0.2, -0.15) is 0 Å². The summed E-state index contributed by atoms with van der Waals surface area (Å²) in [7, 11) is -1.47. The lowest BCUT2D eigenvalue weighted by molar-refractivity contribution is -0.141. The number of carbonyl (C=O) groups excluding carboxylic acids is 4. The maximum absolute atomic E-state index is 13.5. The van der Waals surface area contributed by atoms with Crippen LogP contribution in [0.25, 0.3) is 0 Å². The summed E-state index contributed by atoms with van der Waals surface area (Å²) in [5.41, 5.74) is 2.21. The number of allylic oxidation sites excluding steroid dienone is 2. The molecule has 12 heteroatoms. The number of carbonyl (C=O) groups is 4. The number of rotatable bonds is 26. The van der Waals surface area contributed by atoms with Crippen LogP contribution in [-0.4, -0.2) is 109 Å². The monoisotopic (exact) mass is 707 g/mol. The number of nitrogens with one attached hydrogen (secondary N) is 2. The Morgan fingerprint density at radius 1 is 0.714 bits per heavy atom. The average molecular weight is 708 g/mol. The molecule has 4 atom stereocenters. The molecule has 3 rings (SSSR count). The van der Waals surface area contributed by atoms with Crippen LogP contribution in [0.5, 0.6) is 0 Å².